The van der Waals surface area contributed by atoms with Crippen molar-refractivity contribution in [2.24, 2.45) is 4.99 Å². The molecule has 0 amide bonds. The molecule has 3 aromatic carbocycles. The number of aliphatic carboxylic acids is 1. The summed E-state index contributed by atoms with van der Waals surface area (Å²) >= 11 is 0. The summed E-state index contributed by atoms with van der Waals surface area (Å²) in [5.41, 5.74) is 7.18. The molecule has 2 heterocycles. The third kappa shape index (κ3) is 4.79. The van der Waals surface area contributed by atoms with Crippen molar-refractivity contribution in [3.05, 3.63) is 70.3 Å². The standard InChI is InChI=1S/C31H33NO5/c1-18-14-24-22(8-6-21-16-35-17-25(21)24)28(27(18)29(30(33)34)37-31(2,3)4)20-7-9-26-23(15-20)19(10-12-32-5)11-13-36-26/h6-10,12,14-15,29H,11,13,16-17H2,1-5H3,(H,33,34)/b19-10-,32-12-/t29-/m0/s1. The van der Waals surface area contributed by atoms with Crippen LogP contribution in [0.1, 0.15) is 61.1 Å². The maximum absolute atomic E-state index is 12.7. The number of carbonyl (C=O) groups is 1. The molecule has 0 saturated carbocycles. The fourth-order valence-corrected chi connectivity index (χ4v) is 5.34. The number of aryl methyl sites for hydroxylation is 1. The van der Waals surface area contributed by atoms with Gasteiger partial charge in [0.15, 0.2) is 6.10 Å². The number of hydrogen-bond donors (Lipinski definition) is 1. The van der Waals surface area contributed by atoms with Gasteiger partial charge < -0.3 is 19.3 Å². The second-order valence-electron chi connectivity index (χ2n) is 10.6. The van der Waals surface area contributed by atoms with Crippen LogP contribution >= 0.6 is 0 Å². The molecule has 5 rings (SSSR count). The topological polar surface area (TPSA) is 77.4 Å². The van der Waals surface area contributed by atoms with E-state index >= 15 is 0 Å². The Balaban J connectivity index is 1.83. The first-order valence-corrected chi connectivity index (χ1v) is 12.6. The number of rotatable bonds is 5. The minimum Gasteiger partial charge on any atom is -0.493 e. The zero-order valence-electron chi connectivity index (χ0n) is 22.1. The van der Waals surface area contributed by atoms with Crippen LogP contribution in [-0.2, 0) is 27.5 Å². The van der Waals surface area contributed by atoms with Gasteiger partial charge in [0.1, 0.15) is 5.75 Å². The van der Waals surface area contributed by atoms with Gasteiger partial charge in [-0.25, -0.2) is 4.79 Å². The maximum atomic E-state index is 12.7. The molecule has 192 valence electrons. The lowest BCUT2D eigenvalue weighted by Crippen LogP contribution is -2.28. The van der Waals surface area contributed by atoms with Crippen molar-refractivity contribution in [1.29, 1.82) is 0 Å². The summed E-state index contributed by atoms with van der Waals surface area (Å²) in [6, 6.07) is 12.4. The van der Waals surface area contributed by atoms with Gasteiger partial charge in [0.25, 0.3) is 0 Å². The first-order valence-electron chi connectivity index (χ1n) is 12.6. The smallest absolute Gasteiger partial charge is 0.337 e. The minimum absolute atomic E-state index is 0.549. The van der Waals surface area contributed by atoms with Crippen molar-refractivity contribution < 1.29 is 24.1 Å². The monoisotopic (exact) mass is 499 g/mol. The number of allylic oxidation sites excluding steroid dienone is 1. The SMILES string of the molecule is C/N=C\C=C1\CCOc2ccc(-c3c([C@H](OC(C)(C)C)C(=O)O)c(C)cc4c5c(ccc34)COC5)cc21. The number of ether oxygens (including phenoxy) is 3. The van der Waals surface area contributed by atoms with Crippen LogP contribution in [0.15, 0.2) is 47.5 Å². The fraction of sp³-hybridized carbons (Fsp3) is 0.355. The number of carboxylic acids is 1. The number of benzene rings is 3. The lowest BCUT2D eigenvalue weighted by atomic mass is 9.84. The van der Waals surface area contributed by atoms with Crippen molar-refractivity contribution in [1.82, 2.24) is 0 Å². The highest BCUT2D eigenvalue weighted by Crippen LogP contribution is 2.45. The highest BCUT2D eigenvalue weighted by molar-refractivity contribution is 6.03. The summed E-state index contributed by atoms with van der Waals surface area (Å²) < 4.78 is 17.9. The van der Waals surface area contributed by atoms with Gasteiger partial charge in [-0.2, -0.15) is 0 Å². The number of hydrogen-bond acceptors (Lipinski definition) is 5. The Bertz CT molecular complexity index is 1440. The van der Waals surface area contributed by atoms with Crippen molar-refractivity contribution in [3.8, 4) is 16.9 Å². The van der Waals surface area contributed by atoms with E-state index in [9.17, 15) is 9.90 Å². The zero-order valence-corrected chi connectivity index (χ0v) is 22.1. The first kappa shape index (κ1) is 25.2. The molecule has 0 aromatic heterocycles. The number of nitrogens with zero attached hydrogens (tertiary/aromatic N) is 1. The predicted molar refractivity (Wildman–Crippen MR) is 146 cm³/mol. The Kier molecular flexibility index (Phi) is 6.65. The van der Waals surface area contributed by atoms with Gasteiger partial charge in [-0.3, -0.25) is 4.99 Å². The molecule has 1 atom stereocenters. The van der Waals surface area contributed by atoms with Gasteiger partial charge >= 0.3 is 5.97 Å². The Morgan fingerprint density at radius 2 is 1.95 bits per heavy atom. The number of fused-ring (bicyclic) bond motifs is 4. The summed E-state index contributed by atoms with van der Waals surface area (Å²) in [7, 11) is 1.75. The molecule has 6 heteroatoms. The van der Waals surface area contributed by atoms with E-state index in [1.165, 1.54) is 5.56 Å². The van der Waals surface area contributed by atoms with E-state index in [1.54, 1.807) is 13.3 Å². The largest absolute Gasteiger partial charge is 0.493 e. The van der Waals surface area contributed by atoms with Crippen LogP contribution in [0.2, 0.25) is 0 Å². The number of carboxylic acid groups (broad SMARTS) is 1. The van der Waals surface area contributed by atoms with E-state index < -0.39 is 17.7 Å². The van der Waals surface area contributed by atoms with Gasteiger partial charge in [0.05, 0.1) is 25.4 Å². The Morgan fingerprint density at radius 3 is 2.68 bits per heavy atom. The lowest BCUT2D eigenvalue weighted by molar-refractivity contribution is -0.160. The second-order valence-corrected chi connectivity index (χ2v) is 10.6. The molecule has 0 unspecified atom stereocenters. The zero-order chi connectivity index (χ0) is 26.3. The molecular formula is C31H33NO5. The summed E-state index contributed by atoms with van der Waals surface area (Å²) in [5, 5.41) is 12.4. The quantitative estimate of drug-likeness (QED) is 0.398. The first-order chi connectivity index (χ1) is 17.7. The lowest BCUT2D eigenvalue weighted by Gasteiger charge is -2.29. The van der Waals surface area contributed by atoms with Crippen molar-refractivity contribution >= 4 is 28.5 Å². The molecule has 2 aliphatic heterocycles. The normalized spacial score (nSPS) is 17.2. The van der Waals surface area contributed by atoms with E-state index in [0.717, 1.165) is 56.3 Å². The molecule has 0 saturated heterocycles. The molecule has 0 fully saturated rings. The van der Waals surface area contributed by atoms with Gasteiger partial charge in [-0.1, -0.05) is 24.3 Å². The minimum atomic E-state index is -1.13. The molecule has 0 radical (unpaired) electrons. The molecule has 37 heavy (non-hydrogen) atoms. The third-order valence-electron chi connectivity index (χ3n) is 6.91. The number of aliphatic imine (C=N–C) groups is 1. The van der Waals surface area contributed by atoms with Crippen LogP contribution in [0.25, 0.3) is 27.5 Å². The average Bonchev–Trinajstić information content (AvgIpc) is 3.34. The molecule has 6 nitrogen and oxygen atoms in total. The average molecular weight is 500 g/mol. The van der Waals surface area contributed by atoms with E-state index in [1.807, 2.05) is 45.9 Å². The van der Waals surface area contributed by atoms with E-state index in [4.69, 9.17) is 14.2 Å². The van der Waals surface area contributed by atoms with Gasteiger partial charge in [-0.15, -0.1) is 0 Å². The molecule has 1 N–H and O–H groups in total. The molecule has 3 aromatic rings. The van der Waals surface area contributed by atoms with E-state index in [0.29, 0.717) is 25.4 Å². The Hall–Kier alpha value is -3.48. The van der Waals surface area contributed by atoms with Gasteiger partial charge in [-0.05, 0) is 90.1 Å². The highest BCUT2D eigenvalue weighted by Gasteiger charge is 2.32. The van der Waals surface area contributed by atoms with E-state index in [2.05, 4.69) is 29.3 Å². The van der Waals surface area contributed by atoms with Crippen molar-refractivity contribution in [2.45, 2.75) is 59.0 Å². The summed E-state index contributed by atoms with van der Waals surface area (Å²) in [6.45, 7) is 9.37. The summed E-state index contributed by atoms with van der Waals surface area (Å²) in [6.07, 6.45) is 3.47. The van der Waals surface area contributed by atoms with Gasteiger partial charge in [0.2, 0.25) is 0 Å². The van der Waals surface area contributed by atoms with Crippen LogP contribution in [0.5, 0.6) is 5.75 Å². The summed E-state index contributed by atoms with van der Waals surface area (Å²) in [5.74, 6) is -0.191. The Labute approximate surface area is 217 Å². The van der Waals surface area contributed by atoms with Crippen LogP contribution < -0.4 is 4.74 Å². The molecule has 2 aliphatic rings. The van der Waals surface area contributed by atoms with Crippen LogP contribution in [0, 0.1) is 6.92 Å². The second kappa shape index (κ2) is 9.77. The molecule has 0 bridgehead atoms. The van der Waals surface area contributed by atoms with E-state index in [-0.39, 0.29) is 0 Å². The van der Waals surface area contributed by atoms with Crippen LogP contribution in [-0.4, -0.2) is 36.5 Å². The van der Waals surface area contributed by atoms with Crippen molar-refractivity contribution in [3.63, 3.8) is 0 Å². The van der Waals surface area contributed by atoms with Crippen molar-refractivity contribution in [2.75, 3.05) is 13.7 Å². The third-order valence-corrected chi connectivity index (χ3v) is 6.91. The van der Waals surface area contributed by atoms with Crippen LogP contribution in [0.4, 0.5) is 0 Å². The van der Waals surface area contributed by atoms with Gasteiger partial charge in [0, 0.05) is 30.8 Å². The Morgan fingerprint density at radius 1 is 1.14 bits per heavy atom. The maximum Gasteiger partial charge on any atom is 0.337 e. The predicted octanol–water partition coefficient (Wildman–Crippen LogP) is 6.65. The molecular weight excluding hydrogens is 466 g/mol. The fourth-order valence-electron chi connectivity index (χ4n) is 5.34. The summed E-state index contributed by atoms with van der Waals surface area (Å²) in [4.78, 5) is 16.8. The molecule has 0 spiro atoms. The van der Waals surface area contributed by atoms with Crippen LogP contribution in [0.3, 0.4) is 0 Å². The highest BCUT2D eigenvalue weighted by atomic mass is 16.5. The molecule has 0 aliphatic carbocycles.